The van der Waals surface area contributed by atoms with E-state index in [4.69, 9.17) is 23.2 Å². The molecule has 0 saturated carbocycles. The molecule has 0 spiro atoms. The molecule has 0 bridgehead atoms. The van der Waals surface area contributed by atoms with Crippen molar-refractivity contribution in [3.8, 4) is 0 Å². The average Bonchev–Trinajstić information content (AvgIpc) is 2.99. The molecule has 3 rings (SSSR count). The zero-order valence-electron chi connectivity index (χ0n) is 13.7. The van der Waals surface area contributed by atoms with Crippen molar-refractivity contribution >= 4 is 40.7 Å². The smallest absolute Gasteiger partial charge is 0.227 e. The predicted molar refractivity (Wildman–Crippen MR) is 99.9 cm³/mol. The van der Waals surface area contributed by atoms with Gasteiger partial charge in [-0.2, -0.15) is 0 Å². The highest BCUT2D eigenvalue weighted by Crippen LogP contribution is 2.33. The molecular formula is C19H18Cl2N2O2. The van der Waals surface area contributed by atoms with E-state index in [9.17, 15) is 9.59 Å². The summed E-state index contributed by atoms with van der Waals surface area (Å²) < 4.78 is 0. The molecule has 2 aromatic carbocycles. The number of carbonyl (C=O) groups is 2. The van der Waals surface area contributed by atoms with Crippen LogP contribution in [0, 0.1) is 5.92 Å². The largest absolute Gasteiger partial charge is 0.349 e. The summed E-state index contributed by atoms with van der Waals surface area (Å²) in [7, 11) is 0. The number of nitrogens with zero attached hydrogens (tertiary/aromatic N) is 1. The van der Waals surface area contributed by atoms with Gasteiger partial charge < -0.3 is 10.2 Å². The third kappa shape index (κ3) is 3.97. The fraction of sp³-hybridized carbons (Fsp3) is 0.263. The molecule has 1 N–H and O–H groups in total. The summed E-state index contributed by atoms with van der Waals surface area (Å²) in [4.78, 5) is 26.4. The molecule has 1 aliphatic heterocycles. The third-order valence-corrected chi connectivity index (χ3v) is 4.91. The molecule has 1 saturated heterocycles. The molecule has 2 aromatic rings. The normalized spacial score (nSPS) is 18.3. The van der Waals surface area contributed by atoms with Crippen molar-refractivity contribution < 1.29 is 9.59 Å². The third-order valence-electron chi connectivity index (χ3n) is 4.35. The fourth-order valence-electron chi connectivity index (χ4n) is 2.96. The van der Waals surface area contributed by atoms with Crippen molar-refractivity contribution in [1.29, 1.82) is 0 Å². The van der Waals surface area contributed by atoms with E-state index in [1.165, 1.54) is 4.90 Å². The lowest BCUT2D eigenvalue weighted by molar-refractivity contribution is -0.126. The molecule has 1 aliphatic rings. The van der Waals surface area contributed by atoms with Crippen LogP contribution >= 0.6 is 23.2 Å². The molecule has 2 amide bonds. The van der Waals surface area contributed by atoms with Gasteiger partial charge in [-0.1, -0.05) is 53.5 Å². The van der Waals surface area contributed by atoms with Crippen LogP contribution in [-0.2, 0) is 9.59 Å². The van der Waals surface area contributed by atoms with Gasteiger partial charge in [-0.15, -0.1) is 0 Å². The van der Waals surface area contributed by atoms with Crippen LogP contribution in [0.4, 0.5) is 5.69 Å². The van der Waals surface area contributed by atoms with E-state index in [1.807, 2.05) is 37.3 Å². The molecule has 0 aliphatic carbocycles. The highest BCUT2D eigenvalue weighted by Gasteiger charge is 2.36. The van der Waals surface area contributed by atoms with Crippen molar-refractivity contribution in [2.75, 3.05) is 11.4 Å². The molecule has 2 atom stereocenters. The van der Waals surface area contributed by atoms with Crippen LogP contribution in [0.15, 0.2) is 48.5 Å². The molecule has 25 heavy (non-hydrogen) atoms. The van der Waals surface area contributed by atoms with Crippen molar-refractivity contribution in [1.82, 2.24) is 5.32 Å². The minimum Gasteiger partial charge on any atom is -0.349 e. The molecule has 0 aromatic heterocycles. The van der Waals surface area contributed by atoms with Gasteiger partial charge in [0.1, 0.15) is 0 Å². The van der Waals surface area contributed by atoms with Gasteiger partial charge in [0.2, 0.25) is 11.8 Å². The second kappa shape index (κ2) is 7.46. The predicted octanol–water partition coefficient (Wildman–Crippen LogP) is 4.22. The average molecular weight is 377 g/mol. The number of hydrogen-bond acceptors (Lipinski definition) is 2. The fourth-order valence-corrected chi connectivity index (χ4v) is 3.35. The Hall–Kier alpha value is -2.04. The van der Waals surface area contributed by atoms with E-state index in [0.29, 0.717) is 22.3 Å². The molecule has 130 valence electrons. The molecule has 0 radical (unpaired) electrons. The molecular weight excluding hydrogens is 359 g/mol. The van der Waals surface area contributed by atoms with Crippen LogP contribution < -0.4 is 10.2 Å². The second-order valence-electron chi connectivity index (χ2n) is 6.14. The monoisotopic (exact) mass is 376 g/mol. The highest BCUT2D eigenvalue weighted by molar-refractivity contribution is 6.35. The van der Waals surface area contributed by atoms with Gasteiger partial charge in [-0.05, 0) is 30.7 Å². The van der Waals surface area contributed by atoms with Gasteiger partial charge in [0.05, 0.1) is 22.7 Å². The van der Waals surface area contributed by atoms with Gasteiger partial charge in [0, 0.05) is 18.0 Å². The number of hydrogen-bond donors (Lipinski definition) is 1. The van der Waals surface area contributed by atoms with Crippen molar-refractivity contribution in [3.63, 3.8) is 0 Å². The number of benzene rings is 2. The summed E-state index contributed by atoms with van der Waals surface area (Å²) in [5.41, 5.74) is 1.57. The van der Waals surface area contributed by atoms with Crippen LogP contribution in [-0.4, -0.2) is 18.4 Å². The van der Waals surface area contributed by atoms with Crippen LogP contribution in [0.5, 0.6) is 0 Å². The molecule has 1 heterocycles. The Kier molecular flexibility index (Phi) is 5.30. The first-order chi connectivity index (χ1) is 12.0. The second-order valence-corrected chi connectivity index (χ2v) is 6.99. The van der Waals surface area contributed by atoms with Crippen LogP contribution in [0.2, 0.25) is 10.0 Å². The number of anilines is 1. The van der Waals surface area contributed by atoms with E-state index < -0.39 is 5.92 Å². The molecule has 2 unspecified atom stereocenters. The van der Waals surface area contributed by atoms with Crippen LogP contribution in [0.3, 0.4) is 0 Å². The topological polar surface area (TPSA) is 49.4 Å². The van der Waals surface area contributed by atoms with Gasteiger partial charge in [0.15, 0.2) is 0 Å². The summed E-state index contributed by atoms with van der Waals surface area (Å²) in [6.07, 6.45) is 0.163. The number of halogens is 2. The Labute approximate surface area is 156 Å². The lowest BCUT2D eigenvalue weighted by Gasteiger charge is -2.19. The number of nitrogens with one attached hydrogen (secondary N) is 1. The van der Waals surface area contributed by atoms with Crippen molar-refractivity contribution in [2.45, 2.75) is 19.4 Å². The van der Waals surface area contributed by atoms with Gasteiger partial charge in [-0.3, -0.25) is 9.59 Å². The zero-order valence-corrected chi connectivity index (χ0v) is 15.2. The molecule has 4 nitrogen and oxygen atoms in total. The van der Waals surface area contributed by atoms with E-state index in [2.05, 4.69) is 5.32 Å². The summed E-state index contributed by atoms with van der Waals surface area (Å²) in [5, 5.41) is 3.92. The van der Waals surface area contributed by atoms with E-state index in [1.54, 1.807) is 18.2 Å². The first-order valence-electron chi connectivity index (χ1n) is 8.06. The zero-order chi connectivity index (χ0) is 18.0. The maximum Gasteiger partial charge on any atom is 0.227 e. The van der Waals surface area contributed by atoms with Gasteiger partial charge in [-0.25, -0.2) is 0 Å². The Balaban J connectivity index is 1.69. The van der Waals surface area contributed by atoms with E-state index in [-0.39, 0.29) is 24.3 Å². The number of carbonyl (C=O) groups excluding carboxylic acids is 2. The number of rotatable bonds is 4. The van der Waals surface area contributed by atoms with Crippen molar-refractivity contribution in [3.05, 3.63) is 64.1 Å². The van der Waals surface area contributed by atoms with E-state index >= 15 is 0 Å². The first kappa shape index (κ1) is 17.8. The van der Waals surface area contributed by atoms with E-state index in [0.717, 1.165) is 5.56 Å². The Morgan fingerprint density at radius 2 is 1.92 bits per heavy atom. The highest BCUT2D eigenvalue weighted by atomic mass is 35.5. The lowest BCUT2D eigenvalue weighted by Crippen LogP contribution is -2.34. The van der Waals surface area contributed by atoms with Crippen LogP contribution in [0.25, 0.3) is 0 Å². The minimum atomic E-state index is -0.409. The summed E-state index contributed by atoms with van der Waals surface area (Å²) >= 11 is 12.2. The quantitative estimate of drug-likeness (QED) is 0.867. The molecule has 6 heteroatoms. The Morgan fingerprint density at radius 1 is 1.20 bits per heavy atom. The first-order valence-corrected chi connectivity index (χ1v) is 8.82. The van der Waals surface area contributed by atoms with Gasteiger partial charge >= 0.3 is 0 Å². The SMILES string of the molecule is CC(NC(=O)C1CC(=O)N(c2cc(Cl)ccc2Cl)C1)c1ccccc1. The number of amides is 2. The minimum absolute atomic E-state index is 0.118. The summed E-state index contributed by atoms with van der Waals surface area (Å²) in [6, 6.07) is 14.6. The van der Waals surface area contributed by atoms with Gasteiger partial charge in [0.25, 0.3) is 0 Å². The maximum atomic E-state index is 12.6. The van der Waals surface area contributed by atoms with Crippen molar-refractivity contribution in [2.24, 2.45) is 5.92 Å². The van der Waals surface area contributed by atoms with Crippen LogP contribution in [0.1, 0.15) is 24.9 Å². The molecule has 1 fully saturated rings. The lowest BCUT2D eigenvalue weighted by atomic mass is 10.1. The standard InChI is InChI=1S/C19H18Cl2N2O2/c1-12(13-5-3-2-4-6-13)22-19(25)14-9-18(24)23(11-14)17-10-15(20)7-8-16(17)21/h2-8,10,12,14H,9,11H2,1H3,(H,22,25). The summed E-state index contributed by atoms with van der Waals surface area (Å²) in [6.45, 7) is 2.22. The Bertz CT molecular complexity index is 795. The maximum absolute atomic E-state index is 12.6. The summed E-state index contributed by atoms with van der Waals surface area (Å²) in [5.74, 6) is -0.671. The Morgan fingerprint density at radius 3 is 2.64 bits per heavy atom.